The molecule has 0 aromatic heterocycles. The predicted octanol–water partition coefficient (Wildman–Crippen LogP) is 5.38. The predicted molar refractivity (Wildman–Crippen MR) is 60.9 cm³/mol. The molecular formula is C13H6F10O2. The lowest BCUT2D eigenvalue weighted by molar-refractivity contribution is -0.334. The lowest BCUT2D eigenvalue weighted by atomic mass is 9.99. The Morgan fingerprint density at radius 2 is 1.24 bits per heavy atom. The first-order valence-electron chi connectivity index (χ1n) is 6.20. The van der Waals surface area contributed by atoms with E-state index in [0.29, 0.717) is 12.1 Å². The summed E-state index contributed by atoms with van der Waals surface area (Å²) in [7, 11) is 0. The number of hydrogen-bond donors (Lipinski definition) is 1. The molecule has 1 fully saturated rings. The molecule has 1 atom stereocenters. The van der Waals surface area contributed by atoms with Crippen LogP contribution in [0.25, 0.3) is 0 Å². The van der Waals surface area contributed by atoms with E-state index in [4.69, 9.17) is 5.11 Å². The first-order chi connectivity index (χ1) is 11.1. The minimum atomic E-state index is -6.53. The molecular weight excluding hydrogens is 378 g/mol. The molecule has 0 aliphatic carbocycles. The average Bonchev–Trinajstić information content (AvgIpc) is 3.22. The van der Waals surface area contributed by atoms with E-state index in [1.54, 1.807) is 0 Å². The summed E-state index contributed by atoms with van der Waals surface area (Å²) in [5, 5.41) is 9.15. The van der Waals surface area contributed by atoms with Crippen LogP contribution >= 0.6 is 0 Å². The van der Waals surface area contributed by atoms with E-state index >= 15 is 0 Å². The van der Waals surface area contributed by atoms with Crippen molar-refractivity contribution in [2.24, 2.45) is 0 Å². The Labute approximate surface area is 132 Å². The van der Waals surface area contributed by atoms with Crippen molar-refractivity contribution >= 4 is 0 Å². The molecule has 0 saturated carbocycles. The lowest BCUT2D eigenvalue weighted by Gasteiger charge is -2.28. The van der Waals surface area contributed by atoms with Crippen molar-refractivity contribution < 1.29 is 53.7 Å². The number of epoxide rings is 1. The van der Waals surface area contributed by atoms with Crippen molar-refractivity contribution in [3.05, 3.63) is 46.9 Å². The molecule has 1 aromatic carbocycles. The van der Waals surface area contributed by atoms with Gasteiger partial charge in [0.2, 0.25) is 0 Å². The third kappa shape index (κ3) is 3.21. The maximum atomic E-state index is 13.6. The number of hydrogen-bond acceptors (Lipinski definition) is 2. The van der Waals surface area contributed by atoms with E-state index in [1.165, 1.54) is 0 Å². The van der Waals surface area contributed by atoms with Crippen LogP contribution in [0.5, 0.6) is 0 Å². The lowest BCUT2D eigenvalue weighted by Crippen LogP contribution is -2.54. The van der Waals surface area contributed by atoms with Crippen LogP contribution in [-0.2, 0) is 10.9 Å². The summed E-state index contributed by atoms with van der Waals surface area (Å²) in [5.74, 6) is -4.10. The highest BCUT2D eigenvalue weighted by Crippen LogP contribution is 2.55. The van der Waals surface area contributed by atoms with Gasteiger partial charge in [0.1, 0.15) is 0 Å². The van der Waals surface area contributed by atoms with Crippen molar-refractivity contribution in [1.82, 2.24) is 0 Å². The number of aliphatic hydroxyl groups is 1. The molecule has 140 valence electrons. The second-order valence-electron chi connectivity index (χ2n) is 4.98. The standard InChI is InChI=1S/C13H6F10O2/c14-10(12(18,19)20,13(21,22)23)9(24)8-7(25-8)5-1-3-6(4-2-5)11(15,16)17/h1-4,7,24H/b9-8+. The van der Waals surface area contributed by atoms with E-state index in [1.807, 2.05) is 0 Å². The van der Waals surface area contributed by atoms with E-state index < -0.39 is 47.4 Å². The Kier molecular flexibility index (Phi) is 4.17. The number of allylic oxidation sites excluding steroid dienone is 1. The summed E-state index contributed by atoms with van der Waals surface area (Å²) in [5.41, 5.74) is -7.48. The molecule has 0 radical (unpaired) electrons. The molecule has 2 nitrogen and oxygen atoms in total. The maximum absolute atomic E-state index is 13.6. The van der Waals surface area contributed by atoms with Crippen LogP contribution in [0.15, 0.2) is 35.8 Å². The molecule has 2 rings (SSSR count). The molecule has 1 saturated heterocycles. The fraction of sp³-hybridized carbons (Fsp3) is 0.385. The fourth-order valence-corrected chi connectivity index (χ4v) is 1.94. The van der Waals surface area contributed by atoms with Gasteiger partial charge in [-0.25, -0.2) is 4.39 Å². The van der Waals surface area contributed by atoms with E-state index in [0.717, 1.165) is 12.1 Å². The number of aliphatic hydroxyl groups excluding tert-OH is 1. The fourth-order valence-electron chi connectivity index (χ4n) is 1.94. The monoisotopic (exact) mass is 384 g/mol. The number of rotatable bonds is 2. The zero-order valence-corrected chi connectivity index (χ0v) is 11.5. The van der Waals surface area contributed by atoms with Crippen LogP contribution in [0.2, 0.25) is 0 Å². The smallest absolute Gasteiger partial charge is 0.439 e. The number of alkyl halides is 10. The summed E-state index contributed by atoms with van der Waals surface area (Å²) >= 11 is 0. The third-order valence-corrected chi connectivity index (χ3v) is 3.31. The topological polar surface area (TPSA) is 32.8 Å². The molecule has 0 spiro atoms. The van der Waals surface area contributed by atoms with Gasteiger partial charge in [0.05, 0.1) is 5.56 Å². The zero-order valence-electron chi connectivity index (χ0n) is 11.5. The van der Waals surface area contributed by atoms with Gasteiger partial charge in [0.25, 0.3) is 0 Å². The van der Waals surface area contributed by atoms with Crippen LogP contribution in [0.3, 0.4) is 0 Å². The van der Waals surface area contributed by atoms with Gasteiger partial charge in [-0.15, -0.1) is 0 Å². The Hall–Kier alpha value is -2.14. The van der Waals surface area contributed by atoms with Crippen LogP contribution in [0.1, 0.15) is 17.2 Å². The molecule has 25 heavy (non-hydrogen) atoms. The molecule has 1 unspecified atom stereocenters. The first-order valence-corrected chi connectivity index (χ1v) is 6.20. The number of halogens is 10. The first kappa shape index (κ1) is 19.2. The molecule has 1 aromatic rings. The van der Waals surface area contributed by atoms with Crippen molar-refractivity contribution in [2.45, 2.75) is 30.3 Å². The highest BCUT2D eigenvalue weighted by molar-refractivity contribution is 5.38. The molecule has 1 aliphatic rings. The second kappa shape index (κ2) is 5.43. The van der Waals surface area contributed by atoms with Gasteiger partial charge in [-0.2, -0.15) is 39.5 Å². The average molecular weight is 384 g/mol. The van der Waals surface area contributed by atoms with Crippen molar-refractivity contribution in [1.29, 1.82) is 0 Å². The highest BCUT2D eigenvalue weighted by atomic mass is 19.4. The Morgan fingerprint density at radius 3 is 1.60 bits per heavy atom. The van der Waals surface area contributed by atoms with Crippen molar-refractivity contribution in [3.63, 3.8) is 0 Å². The Morgan fingerprint density at radius 1 is 0.800 bits per heavy atom. The summed E-state index contributed by atoms with van der Waals surface area (Å²) in [6.45, 7) is 0. The van der Waals surface area contributed by atoms with Gasteiger partial charge in [-0.05, 0) is 12.1 Å². The molecule has 1 N–H and O–H groups in total. The summed E-state index contributed by atoms with van der Waals surface area (Å²) in [4.78, 5) is 0. The van der Waals surface area contributed by atoms with E-state index in [-0.39, 0.29) is 5.56 Å². The van der Waals surface area contributed by atoms with Gasteiger partial charge >= 0.3 is 24.2 Å². The normalized spacial score (nSPS) is 21.0. The van der Waals surface area contributed by atoms with Gasteiger partial charge in [0, 0.05) is 5.56 Å². The summed E-state index contributed by atoms with van der Waals surface area (Å²) in [6, 6.07) is 2.44. The van der Waals surface area contributed by atoms with Gasteiger partial charge in [0.15, 0.2) is 17.6 Å². The third-order valence-electron chi connectivity index (χ3n) is 3.31. The van der Waals surface area contributed by atoms with Gasteiger partial charge in [-0.3, -0.25) is 0 Å². The van der Waals surface area contributed by atoms with Gasteiger partial charge < -0.3 is 9.84 Å². The summed E-state index contributed by atoms with van der Waals surface area (Å²) in [6.07, 6.45) is -19.5. The quantitative estimate of drug-likeness (QED) is 0.422. The maximum Gasteiger partial charge on any atom is 0.439 e. The van der Waals surface area contributed by atoms with E-state index in [9.17, 15) is 43.9 Å². The van der Waals surface area contributed by atoms with Crippen LogP contribution in [0, 0.1) is 0 Å². The summed E-state index contributed by atoms with van der Waals surface area (Å²) < 4.78 is 130. The van der Waals surface area contributed by atoms with Crippen LogP contribution in [0.4, 0.5) is 43.9 Å². The van der Waals surface area contributed by atoms with Crippen molar-refractivity contribution in [2.75, 3.05) is 0 Å². The van der Waals surface area contributed by atoms with Gasteiger partial charge in [-0.1, -0.05) is 12.1 Å². The Bertz CT molecular complexity index is 667. The van der Waals surface area contributed by atoms with E-state index in [2.05, 4.69) is 4.74 Å². The molecule has 0 bridgehead atoms. The Balaban J connectivity index is 2.37. The molecule has 1 heterocycles. The highest BCUT2D eigenvalue weighted by Gasteiger charge is 2.77. The van der Waals surface area contributed by atoms with Crippen molar-refractivity contribution in [3.8, 4) is 0 Å². The number of benzene rings is 1. The zero-order chi connectivity index (χ0) is 19.4. The minimum Gasteiger partial charge on any atom is -0.505 e. The second-order valence-corrected chi connectivity index (χ2v) is 4.98. The largest absolute Gasteiger partial charge is 0.505 e. The minimum absolute atomic E-state index is 0.291. The molecule has 0 amide bonds. The van der Waals surface area contributed by atoms with Crippen LogP contribution < -0.4 is 0 Å². The van der Waals surface area contributed by atoms with Crippen LogP contribution in [-0.4, -0.2) is 23.1 Å². The molecule has 12 heteroatoms. The molecule has 1 aliphatic heterocycles. The SMILES string of the molecule is O/C(=C1/OC1c1ccc(C(F)(F)F)cc1)C(F)(C(F)(F)F)C(F)(F)F. The number of ether oxygens (including phenoxy) is 1.